The average molecular weight is 459 g/mol. The third kappa shape index (κ3) is 3.91. The fourth-order valence-corrected chi connectivity index (χ4v) is 4.29. The second-order valence-corrected chi connectivity index (χ2v) is 8.22. The number of alkyl halides is 4. The highest BCUT2D eigenvalue weighted by molar-refractivity contribution is 5.90. The maximum Gasteiger partial charge on any atom is 0.322 e. The van der Waals surface area contributed by atoms with Gasteiger partial charge in [0.05, 0.1) is 17.9 Å². The molecule has 32 heavy (non-hydrogen) atoms. The number of hydrogen-bond donors (Lipinski definition) is 2. The van der Waals surface area contributed by atoms with E-state index in [1.165, 1.54) is 9.58 Å². The Morgan fingerprint density at radius 2 is 2.16 bits per heavy atom. The molecule has 0 aliphatic carbocycles. The van der Waals surface area contributed by atoms with Crippen LogP contribution in [0.15, 0.2) is 12.3 Å². The van der Waals surface area contributed by atoms with Gasteiger partial charge in [-0.2, -0.15) is 13.9 Å². The first kappa shape index (κ1) is 22.4. The molecule has 174 valence electrons. The molecule has 0 fully saturated rings. The molecule has 2 aromatic heterocycles. The topological polar surface area (TPSA) is 83.3 Å². The van der Waals surface area contributed by atoms with Gasteiger partial charge in [-0.15, -0.1) is 0 Å². The molecule has 2 aliphatic heterocycles. The zero-order chi connectivity index (χ0) is 23.2. The Morgan fingerprint density at radius 1 is 1.41 bits per heavy atom. The van der Waals surface area contributed by atoms with Crippen molar-refractivity contribution < 1.29 is 31.9 Å². The van der Waals surface area contributed by atoms with Crippen molar-refractivity contribution in [1.29, 1.82) is 0 Å². The Morgan fingerprint density at radius 3 is 2.84 bits per heavy atom. The number of aliphatic hydroxyl groups excluding tert-OH is 1. The van der Waals surface area contributed by atoms with Crippen molar-refractivity contribution in [3.05, 3.63) is 40.7 Å². The quantitative estimate of drug-likeness (QED) is 0.684. The number of aromatic nitrogens is 3. The standard InChI is InChI=1S/C20H22F5N5O2/c1-10-6-14-12(17-20(24,25)4-2-11(9-31)7-30(17)28-14)8-29(10)19(32)27-13-3-5-26-16(15(13)21)18(22)23/h3,5,10-11,18,31H,2,4,6-9H2,1H3,(H,26,27,32)/t10-,11-/m1/s1. The van der Waals surface area contributed by atoms with Gasteiger partial charge in [0, 0.05) is 49.7 Å². The Bertz CT molecular complexity index is 1030. The summed E-state index contributed by atoms with van der Waals surface area (Å²) in [7, 11) is 0. The van der Waals surface area contributed by atoms with Crippen LogP contribution in [0, 0.1) is 11.7 Å². The summed E-state index contributed by atoms with van der Waals surface area (Å²) in [6, 6.07) is -0.212. The molecule has 2 atom stereocenters. The summed E-state index contributed by atoms with van der Waals surface area (Å²) in [5.41, 5.74) is -1.15. The number of pyridine rings is 1. The van der Waals surface area contributed by atoms with E-state index < -0.39 is 48.0 Å². The van der Waals surface area contributed by atoms with Crippen LogP contribution in [-0.4, -0.2) is 43.5 Å². The second-order valence-electron chi connectivity index (χ2n) is 8.22. The molecule has 0 spiro atoms. The molecule has 0 saturated carbocycles. The minimum absolute atomic E-state index is 0.135. The lowest BCUT2D eigenvalue weighted by atomic mass is 9.96. The number of aliphatic hydroxyl groups is 1. The van der Waals surface area contributed by atoms with Crippen molar-refractivity contribution in [2.45, 2.75) is 57.7 Å². The predicted molar refractivity (Wildman–Crippen MR) is 103 cm³/mol. The number of hydrogen-bond acceptors (Lipinski definition) is 4. The molecule has 7 nitrogen and oxygen atoms in total. The van der Waals surface area contributed by atoms with Crippen molar-refractivity contribution >= 4 is 11.7 Å². The molecule has 0 saturated heterocycles. The monoisotopic (exact) mass is 459 g/mol. The Kier molecular flexibility index (Phi) is 5.82. The lowest BCUT2D eigenvalue weighted by molar-refractivity contribution is -0.0227. The number of fused-ring (bicyclic) bond motifs is 3. The van der Waals surface area contributed by atoms with Crippen molar-refractivity contribution in [3.8, 4) is 0 Å². The smallest absolute Gasteiger partial charge is 0.322 e. The minimum atomic E-state index is -3.18. The lowest BCUT2D eigenvalue weighted by Gasteiger charge is -2.33. The van der Waals surface area contributed by atoms with Gasteiger partial charge in [-0.05, 0) is 19.4 Å². The first-order valence-electron chi connectivity index (χ1n) is 10.2. The second kappa shape index (κ2) is 8.30. The van der Waals surface area contributed by atoms with Crippen LogP contribution in [0.5, 0.6) is 0 Å². The van der Waals surface area contributed by atoms with E-state index in [0.29, 0.717) is 5.69 Å². The van der Waals surface area contributed by atoms with Crippen LogP contribution in [0.2, 0.25) is 0 Å². The van der Waals surface area contributed by atoms with Gasteiger partial charge in [0.2, 0.25) is 0 Å². The number of carbonyl (C=O) groups excluding carboxylic acids is 1. The number of urea groups is 1. The maximum atomic E-state index is 14.9. The van der Waals surface area contributed by atoms with E-state index >= 15 is 0 Å². The Labute approximate surface area is 180 Å². The Balaban J connectivity index is 1.62. The summed E-state index contributed by atoms with van der Waals surface area (Å²) in [5.74, 6) is -4.88. The molecule has 0 aromatic carbocycles. The number of carbonyl (C=O) groups is 1. The molecule has 4 heterocycles. The van der Waals surface area contributed by atoms with Gasteiger partial charge in [0.1, 0.15) is 11.4 Å². The highest BCUT2D eigenvalue weighted by atomic mass is 19.3. The molecular formula is C20H22F5N5O2. The predicted octanol–water partition coefficient (Wildman–Crippen LogP) is 3.83. The van der Waals surface area contributed by atoms with Crippen LogP contribution in [0.4, 0.5) is 32.4 Å². The van der Waals surface area contributed by atoms with Crippen LogP contribution in [0.25, 0.3) is 0 Å². The van der Waals surface area contributed by atoms with E-state index in [0.717, 1.165) is 12.3 Å². The molecule has 0 unspecified atom stereocenters. The average Bonchev–Trinajstić information content (AvgIpc) is 3.02. The van der Waals surface area contributed by atoms with Crippen LogP contribution in [0.1, 0.15) is 48.8 Å². The third-order valence-corrected chi connectivity index (χ3v) is 6.01. The van der Waals surface area contributed by atoms with Gasteiger partial charge >= 0.3 is 6.03 Å². The summed E-state index contributed by atoms with van der Waals surface area (Å²) < 4.78 is 71.2. The number of nitrogens with one attached hydrogen (secondary N) is 1. The number of halogens is 5. The summed E-state index contributed by atoms with van der Waals surface area (Å²) >= 11 is 0. The fourth-order valence-electron chi connectivity index (χ4n) is 4.29. The number of anilines is 1. The minimum Gasteiger partial charge on any atom is -0.396 e. The van der Waals surface area contributed by atoms with Gasteiger partial charge < -0.3 is 15.3 Å². The van der Waals surface area contributed by atoms with Crippen molar-refractivity contribution in [2.75, 3.05) is 11.9 Å². The molecule has 0 bridgehead atoms. The maximum absolute atomic E-state index is 14.9. The van der Waals surface area contributed by atoms with E-state index in [1.807, 2.05) is 0 Å². The zero-order valence-electron chi connectivity index (χ0n) is 17.2. The number of rotatable bonds is 3. The first-order chi connectivity index (χ1) is 15.1. The van der Waals surface area contributed by atoms with E-state index in [9.17, 15) is 31.9 Å². The zero-order valence-corrected chi connectivity index (χ0v) is 17.2. The van der Waals surface area contributed by atoms with Crippen LogP contribution in [0.3, 0.4) is 0 Å². The molecule has 2 N–H and O–H groups in total. The molecule has 2 aromatic rings. The number of amides is 2. The van der Waals surface area contributed by atoms with E-state index in [-0.39, 0.29) is 49.7 Å². The number of nitrogens with zero attached hydrogens (tertiary/aromatic N) is 4. The summed E-state index contributed by atoms with van der Waals surface area (Å²) in [6.07, 6.45) is -2.32. The summed E-state index contributed by atoms with van der Waals surface area (Å²) in [4.78, 5) is 17.4. The molecule has 4 rings (SSSR count). The molecule has 0 radical (unpaired) electrons. The van der Waals surface area contributed by atoms with Gasteiger partial charge in [-0.25, -0.2) is 18.0 Å². The van der Waals surface area contributed by atoms with Crippen LogP contribution in [-0.2, 0) is 25.4 Å². The largest absolute Gasteiger partial charge is 0.396 e. The molecule has 12 heteroatoms. The van der Waals surface area contributed by atoms with Crippen molar-refractivity contribution in [3.63, 3.8) is 0 Å². The third-order valence-electron chi connectivity index (χ3n) is 6.01. The molecular weight excluding hydrogens is 437 g/mol. The highest BCUT2D eigenvalue weighted by Crippen LogP contribution is 2.42. The van der Waals surface area contributed by atoms with Gasteiger partial charge in [-0.3, -0.25) is 9.67 Å². The normalized spacial score (nSPS) is 22.3. The van der Waals surface area contributed by atoms with Crippen molar-refractivity contribution in [2.24, 2.45) is 5.92 Å². The van der Waals surface area contributed by atoms with E-state index in [2.05, 4.69) is 15.4 Å². The van der Waals surface area contributed by atoms with Crippen LogP contribution >= 0.6 is 0 Å². The highest BCUT2D eigenvalue weighted by Gasteiger charge is 2.44. The van der Waals surface area contributed by atoms with E-state index in [1.54, 1.807) is 6.92 Å². The van der Waals surface area contributed by atoms with Gasteiger partial charge in [-0.1, -0.05) is 0 Å². The van der Waals surface area contributed by atoms with Gasteiger partial charge in [0.15, 0.2) is 5.82 Å². The van der Waals surface area contributed by atoms with Gasteiger partial charge in [0.25, 0.3) is 12.3 Å². The molecule has 2 amide bonds. The Hall–Kier alpha value is -2.76. The van der Waals surface area contributed by atoms with E-state index in [4.69, 9.17) is 0 Å². The molecule has 2 aliphatic rings. The summed E-state index contributed by atoms with van der Waals surface area (Å²) in [6.45, 7) is 1.41. The first-order valence-corrected chi connectivity index (χ1v) is 10.2. The van der Waals surface area contributed by atoms with Crippen molar-refractivity contribution in [1.82, 2.24) is 19.7 Å². The SMILES string of the molecule is C[C@@H]1Cc2nn3c(c2CN1C(=O)Nc1ccnc(C(F)F)c1F)C(F)(F)CC[C@@H](CO)C3. The van der Waals surface area contributed by atoms with Crippen LogP contribution < -0.4 is 5.32 Å². The summed E-state index contributed by atoms with van der Waals surface area (Å²) in [5, 5.41) is 16.0. The lowest BCUT2D eigenvalue weighted by Crippen LogP contribution is -2.45. The fraction of sp³-hybridized carbons (Fsp3) is 0.550.